The molecule has 0 radical (unpaired) electrons. The zero-order chi connectivity index (χ0) is 14.1. The Bertz CT molecular complexity index is 505. The molecule has 19 heavy (non-hydrogen) atoms. The van der Waals surface area contributed by atoms with Gasteiger partial charge in [0.2, 0.25) is 0 Å². The first-order chi connectivity index (χ1) is 9.15. The highest BCUT2D eigenvalue weighted by Crippen LogP contribution is 2.13. The number of hydrogen-bond acceptors (Lipinski definition) is 2. The van der Waals surface area contributed by atoms with E-state index in [4.69, 9.17) is 27.9 Å². The number of aldehydes is 1. The Morgan fingerprint density at radius 3 is 2.89 bits per heavy atom. The lowest BCUT2D eigenvalue weighted by atomic mass is 10.2. The van der Waals surface area contributed by atoms with E-state index in [0.29, 0.717) is 23.0 Å². The Balaban J connectivity index is 2.48. The maximum atomic E-state index is 10.6. The highest BCUT2D eigenvalue weighted by molar-refractivity contribution is 6.35. The molecule has 0 bridgehead atoms. The van der Waals surface area contributed by atoms with Gasteiger partial charge in [0, 0.05) is 10.6 Å². The summed E-state index contributed by atoms with van der Waals surface area (Å²) >= 11 is 11.3. The molecule has 0 aromatic heterocycles. The summed E-state index contributed by atoms with van der Waals surface area (Å²) in [5.74, 6) is 0.918. The van der Waals surface area contributed by atoms with Crippen LogP contribution in [-0.4, -0.2) is 18.8 Å². The third-order valence-corrected chi connectivity index (χ3v) is 2.84. The standard InChI is InChI=1S/C15H14Cl2O2/c1-12(4-2-6-14(17)9-16)11-19-15-7-3-5-13(8-15)10-18/h2-8,10H,1,9,11H2/b4-2-,14-6+. The number of allylic oxidation sites excluding steroid dienone is 3. The topological polar surface area (TPSA) is 26.3 Å². The summed E-state index contributed by atoms with van der Waals surface area (Å²) in [6.07, 6.45) is 6.03. The fraction of sp³-hybridized carbons (Fsp3) is 0.133. The molecule has 0 saturated carbocycles. The second kappa shape index (κ2) is 8.57. The van der Waals surface area contributed by atoms with E-state index in [9.17, 15) is 4.79 Å². The second-order valence-electron chi connectivity index (χ2n) is 3.74. The van der Waals surface area contributed by atoms with Crippen LogP contribution in [0.4, 0.5) is 0 Å². The quantitative estimate of drug-likeness (QED) is 0.425. The molecule has 0 unspecified atom stereocenters. The zero-order valence-electron chi connectivity index (χ0n) is 10.3. The average molecular weight is 297 g/mol. The number of carbonyl (C=O) groups excluding carboxylic acids is 1. The predicted octanol–water partition coefficient (Wildman–Crippen LogP) is 4.35. The smallest absolute Gasteiger partial charge is 0.150 e. The molecule has 0 fully saturated rings. The summed E-state index contributed by atoms with van der Waals surface area (Å²) in [6.45, 7) is 4.19. The maximum Gasteiger partial charge on any atom is 0.150 e. The van der Waals surface area contributed by atoms with Crippen molar-refractivity contribution in [1.82, 2.24) is 0 Å². The van der Waals surface area contributed by atoms with Crippen LogP contribution in [0.3, 0.4) is 0 Å². The second-order valence-corrected chi connectivity index (χ2v) is 4.50. The van der Waals surface area contributed by atoms with E-state index in [2.05, 4.69) is 6.58 Å². The van der Waals surface area contributed by atoms with Crippen LogP contribution in [0, 0.1) is 0 Å². The van der Waals surface area contributed by atoms with E-state index in [1.165, 1.54) is 0 Å². The fourth-order valence-corrected chi connectivity index (χ4v) is 1.40. The van der Waals surface area contributed by atoms with Crippen LogP contribution in [0.15, 0.2) is 59.7 Å². The number of ether oxygens (including phenoxy) is 1. The monoisotopic (exact) mass is 296 g/mol. The van der Waals surface area contributed by atoms with Crippen molar-refractivity contribution in [1.29, 1.82) is 0 Å². The lowest BCUT2D eigenvalue weighted by Gasteiger charge is -2.06. The molecule has 0 aliphatic rings. The van der Waals surface area contributed by atoms with Crippen LogP contribution in [0.2, 0.25) is 0 Å². The number of alkyl halides is 1. The van der Waals surface area contributed by atoms with E-state index in [0.717, 1.165) is 11.9 Å². The SMILES string of the molecule is C=C(/C=C\C=C(\Cl)CCl)COc1cccc(C=O)c1. The summed E-state index contributed by atoms with van der Waals surface area (Å²) in [4.78, 5) is 10.6. The molecule has 0 amide bonds. The van der Waals surface area contributed by atoms with E-state index in [1.54, 1.807) is 42.5 Å². The normalized spacial score (nSPS) is 11.6. The highest BCUT2D eigenvalue weighted by atomic mass is 35.5. The Morgan fingerprint density at radius 1 is 1.42 bits per heavy atom. The van der Waals surface area contributed by atoms with E-state index in [1.807, 2.05) is 0 Å². The number of halogens is 2. The van der Waals surface area contributed by atoms with Crippen LogP contribution in [-0.2, 0) is 0 Å². The number of rotatable bonds is 7. The van der Waals surface area contributed by atoms with Crippen molar-refractivity contribution >= 4 is 29.5 Å². The summed E-state index contributed by atoms with van der Waals surface area (Å²) < 4.78 is 5.50. The molecule has 1 aromatic rings. The molecule has 0 atom stereocenters. The predicted molar refractivity (Wildman–Crippen MR) is 80.3 cm³/mol. The third-order valence-electron chi connectivity index (χ3n) is 2.16. The minimum absolute atomic E-state index is 0.285. The molecular formula is C15H14Cl2O2. The Morgan fingerprint density at radius 2 is 2.21 bits per heavy atom. The molecule has 2 nitrogen and oxygen atoms in total. The van der Waals surface area contributed by atoms with Crippen LogP contribution < -0.4 is 4.74 Å². The lowest BCUT2D eigenvalue weighted by molar-refractivity contribution is 0.112. The van der Waals surface area contributed by atoms with Gasteiger partial charge in [-0.2, -0.15) is 0 Å². The van der Waals surface area contributed by atoms with Gasteiger partial charge in [0.1, 0.15) is 18.6 Å². The third kappa shape index (κ3) is 6.27. The zero-order valence-corrected chi connectivity index (χ0v) is 11.8. The first-order valence-electron chi connectivity index (χ1n) is 5.60. The molecule has 0 spiro atoms. The minimum atomic E-state index is 0.285. The Hall–Kier alpha value is -1.51. The fourth-order valence-electron chi connectivity index (χ4n) is 1.23. The summed E-state index contributed by atoms with van der Waals surface area (Å²) in [7, 11) is 0. The van der Waals surface area contributed by atoms with Crippen LogP contribution in [0.1, 0.15) is 10.4 Å². The molecule has 0 aliphatic heterocycles. The van der Waals surface area contributed by atoms with Crippen molar-refractivity contribution in [3.8, 4) is 5.75 Å². The molecule has 0 N–H and O–H groups in total. The highest BCUT2D eigenvalue weighted by Gasteiger charge is 1.96. The van der Waals surface area contributed by atoms with E-state index in [-0.39, 0.29) is 5.88 Å². The minimum Gasteiger partial charge on any atom is -0.489 e. The lowest BCUT2D eigenvalue weighted by Crippen LogP contribution is -1.98. The van der Waals surface area contributed by atoms with Crippen molar-refractivity contribution in [2.75, 3.05) is 12.5 Å². The van der Waals surface area contributed by atoms with Gasteiger partial charge < -0.3 is 4.74 Å². The average Bonchev–Trinajstić information content (AvgIpc) is 2.45. The number of hydrogen-bond donors (Lipinski definition) is 0. The van der Waals surface area contributed by atoms with E-state index < -0.39 is 0 Å². The number of benzene rings is 1. The van der Waals surface area contributed by atoms with Gasteiger partial charge >= 0.3 is 0 Å². The summed E-state index contributed by atoms with van der Waals surface area (Å²) in [5.41, 5.74) is 1.36. The first-order valence-corrected chi connectivity index (χ1v) is 6.51. The largest absolute Gasteiger partial charge is 0.489 e. The summed E-state index contributed by atoms with van der Waals surface area (Å²) in [5, 5.41) is 0.560. The van der Waals surface area contributed by atoms with Gasteiger partial charge in [-0.1, -0.05) is 42.5 Å². The Labute approximate surface area is 123 Å². The molecule has 0 saturated heterocycles. The molecule has 4 heteroatoms. The van der Waals surface area contributed by atoms with Crippen molar-refractivity contribution in [3.05, 3.63) is 65.2 Å². The van der Waals surface area contributed by atoms with Gasteiger partial charge in [0.25, 0.3) is 0 Å². The van der Waals surface area contributed by atoms with Gasteiger partial charge in [-0.25, -0.2) is 0 Å². The van der Waals surface area contributed by atoms with Crippen molar-refractivity contribution in [2.24, 2.45) is 0 Å². The molecule has 1 aromatic carbocycles. The molecule has 0 heterocycles. The maximum absolute atomic E-state index is 10.6. The molecule has 100 valence electrons. The van der Waals surface area contributed by atoms with Crippen molar-refractivity contribution in [2.45, 2.75) is 0 Å². The summed E-state index contributed by atoms with van der Waals surface area (Å²) in [6, 6.07) is 6.94. The van der Waals surface area contributed by atoms with Crippen LogP contribution in [0.25, 0.3) is 0 Å². The van der Waals surface area contributed by atoms with Gasteiger partial charge in [0.05, 0.1) is 5.88 Å². The molecular weight excluding hydrogens is 283 g/mol. The van der Waals surface area contributed by atoms with Crippen molar-refractivity contribution < 1.29 is 9.53 Å². The van der Waals surface area contributed by atoms with Gasteiger partial charge in [-0.15, -0.1) is 11.6 Å². The van der Waals surface area contributed by atoms with E-state index >= 15 is 0 Å². The first kappa shape index (κ1) is 15.5. The van der Waals surface area contributed by atoms with Gasteiger partial charge in [-0.3, -0.25) is 4.79 Å². The van der Waals surface area contributed by atoms with Crippen molar-refractivity contribution in [3.63, 3.8) is 0 Å². The molecule has 0 aliphatic carbocycles. The molecule has 1 rings (SSSR count). The van der Waals surface area contributed by atoms with Crippen LogP contribution >= 0.6 is 23.2 Å². The Kier molecular flexibility index (Phi) is 7.01. The van der Waals surface area contributed by atoms with Gasteiger partial charge in [-0.05, 0) is 23.8 Å². The van der Waals surface area contributed by atoms with Gasteiger partial charge in [0.15, 0.2) is 0 Å². The number of carbonyl (C=O) groups is 1. The van der Waals surface area contributed by atoms with Crippen LogP contribution in [0.5, 0.6) is 5.75 Å².